The second kappa shape index (κ2) is 9.53. The third-order valence-corrected chi connectivity index (χ3v) is 11.1. The maximum Gasteiger partial charge on any atom is 0.281 e. The van der Waals surface area contributed by atoms with Gasteiger partial charge in [-0.1, -0.05) is 46.2 Å². The zero-order valence-corrected chi connectivity index (χ0v) is 25.2. The molecule has 0 radical (unpaired) electrons. The number of aromatic amines is 1. The van der Waals surface area contributed by atoms with Crippen molar-refractivity contribution in [3.05, 3.63) is 35.5 Å². The van der Waals surface area contributed by atoms with Gasteiger partial charge in [-0.2, -0.15) is 0 Å². The van der Waals surface area contributed by atoms with Crippen molar-refractivity contribution in [2.75, 3.05) is 20.1 Å². The van der Waals surface area contributed by atoms with Crippen molar-refractivity contribution in [2.45, 2.75) is 95.5 Å². The van der Waals surface area contributed by atoms with Gasteiger partial charge in [-0.15, -0.1) is 0 Å². The molecular formula is C32H43N5O5. The summed E-state index contributed by atoms with van der Waals surface area (Å²) in [7, 11) is 2.07. The number of aliphatic hydroxyl groups is 1. The van der Waals surface area contributed by atoms with Gasteiger partial charge in [-0.25, -0.2) is 0 Å². The zero-order chi connectivity index (χ0) is 29.7. The fourth-order valence-corrected chi connectivity index (χ4v) is 8.64. The van der Waals surface area contributed by atoms with E-state index >= 15 is 0 Å². The van der Waals surface area contributed by atoms with Crippen LogP contribution in [0.15, 0.2) is 24.4 Å². The van der Waals surface area contributed by atoms with E-state index in [1.54, 1.807) is 4.90 Å². The maximum atomic E-state index is 14.5. The summed E-state index contributed by atoms with van der Waals surface area (Å²) in [5, 5.41) is 16.5. The molecule has 3 N–H and O–H groups in total. The van der Waals surface area contributed by atoms with Crippen molar-refractivity contribution in [2.24, 2.45) is 17.8 Å². The highest BCUT2D eigenvalue weighted by Crippen LogP contribution is 2.49. The SMILES string of the molecule is CCC(C)[C@@H]1C(=O)N2CCC[C@@H]2[C@]2(O)O[C@](NC(=O)[C@H]3C[C@H]4c5cccc6[nH]cc(c56)C[C@@H]4N(C)C3)(C(C)C)C(=O)N12. The fourth-order valence-electron chi connectivity index (χ4n) is 8.64. The summed E-state index contributed by atoms with van der Waals surface area (Å²) in [5.74, 6) is -3.79. The lowest BCUT2D eigenvalue weighted by atomic mass is 9.72. The first-order valence-corrected chi connectivity index (χ1v) is 15.7. The lowest BCUT2D eigenvalue weighted by Crippen LogP contribution is -2.72. The molecule has 8 atom stereocenters. The first-order valence-electron chi connectivity index (χ1n) is 15.7. The van der Waals surface area contributed by atoms with Crippen LogP contribution >= 0.6 is 0 Å². The number of rotatable bonds is 5. The quantitative estimate of drug-likeness (QED) is 0.503. The number of H-pyrrole nitrogens is 1. The number of nitrogens with one attached hydrogen (secondary N) is 2. The molecule has 4 fully saturated rings. The summed E-state index contributed by atoms with van der Waals surface area (Å²) in [5.41, 5.74) is 1.93. The van der Waals surface area contributed by atoms with Crippen molar-refractivity contribution in [1.29, 1.82) is 0 Å². The second-order valence-electron chi connectivity index (χ2n) is 13.7. The molecule has 10 nitrogen and oxygen atoms in total. The number of likely N-dealkylation sites (tertiary alicyclic amines) is 1. The molecule has 5 heterocycles. The molecule has 0 spiro atoms. The average Bonchev–Trinajstić information content (AvgIpc) is 3.68. The Kier molecular flexibility index (Phi) is 6.32. The molecule has 5 aliphatic rings. The number of carbonyl (C=O) groups is 3. The number of carbonyl (C=O) groups excluding carboxylic acids is 3. The normalized spacial score (nSPS) is 36.8. The Morgan fingerprint density at radius 1 is 1.26 bits per heavy atom. The van der Waals surface area contributed by atoms with Crippen molar-refractivity contribution in [3.63, 3.8) is 0 Å². The third-order valence-electron chi connectivity index (χ3n) is 11.1. The predicted molar refractivity (Wildman–Crippen MR) is 156 cm³/mol. The van der Waals surface area contributed by atoms with Crippen LogP contribution in [0.4, 0.5) is 0 Å². The third kappa shape index (κ3) is 3.64. The van der Waals surface area contributed by atoms with Crippen LogP contribution in [0.25, 0.3) is 10.9 Å². The summed E-state index contributed by atoms with van der Waals surface area (Å²) in [4.78, 5) is 51.0. The number of likely N-dealkylation sites (N-methyl/N-ethyl adjacent to an activating group) is 1. The highest BCUT2D eigenvalue weighted by Gasteiger charge is 2.72. The minimum atomic E-state index is -1.99. The van der Waals surface area contributed by atoms with Gasteiger partial charge in [0.2, 0.25) is 17.5 Å². The molecule has 1 aromatic carbocycles. The molecule has 7 rings (SSSR count). The lowest BCUT2D eigenvalue weighted by molar-refractivity contribution is -0.324. The van der Waals surface area contributed by atoms with Gasteiger partial charge in [-0.05, 0) is 55.8 Å². The topological polar surface area (TPSA) is 118 Å². The number of aromatic nitrogens is 1. The van der Waals surface area contributed by atoms with E-state index in [0.717, 1.165) is 18.4 Å². The lowest BCUT2D eigenvalue weighted by Gasteiger charge is -2.50. The molecular weight excluding hydrogens is 534 g/mol. The number of piperazine rings is 1. The van der Waals surface area contributed by atoms with Gasteiger partial charge in [-0.3, -0.25) is 24.0 Å². The van der Waals surface area contributed by atoms with Crippen LogP contribution in [0.3, 0.4) is 0 Å². The monoisotopic (exact) mass is 577 g/mol. The van der Waals surface area contributed by atoms with Gasteiger partial charge in [0.05, 0.1) is 5.92 Å². The van der Waals surface area contributed by atoms with Crippen LogP contribution in [0.2, 0.25) is 0 Å². The minimum absolute atomic E-state index is 0.144. The highest BCUT2D eigenvalue weighted by atomic mass is 16.7. The number of fused-ring (bicyclic) bond motifs is 5. The van der Waals surface area contributed by atoms with Gasteiger partial charge < -0.3 is 25.2 Å². The maximum absolute atomic E-state index is 14.5. The molecule has 2 aromatic rings. The summed E-state index contributed by atoms with van der Waals surface area (Å²) in [6.07, 6.45) is 5.60. The highest BCUT2D eigenvalue weighted by molar-refractivity contribution is 5.98. The summed E-state index contributed by atoms with van der Waals surface area (Å²) in [6, 6.07) is 5.12. The van der Waals surface area contributed by atoms with Gasteiger partial charge in [0.25, 0.3) is 11.8 Å². The van der Waals surface area contributed by atoms with E-state index in [4.69, 9.17) is 4.74 Å². The van der Waals surface area contributed by atoms with Crippen molar-refractivity contribution in [1.82, 2.24) is 25.0 Å². The molecule has 1 unspecified atom stereocenters. The molecule has 0 bridgehead atoms. The Balaban J connectivity index is 1.21. The second-order valence-corrected chi connectivity index (χ2v) is 13.7. The summed E-state index contributed by atoms with van der Waals surface area (Å²) < 4.78 is 6.47. The van der Waals surface area contributed by atoms with Crippen LogP contribution < -0.4 is 5.32 Å². The van der Waals surface area contributed by atoms with Gasteiger partial charge in [0.15, 0.2) is 0 Å². The first-order chi connectivity index (χ1) is 20.0. The standard InChI is InChI=1S/C32H43N5O5/c1-6-18(4)27-29(39)36-12-8-11-25(36)32(41)37(27)30(40)31(42-32,17(2)3)34-28(38)20-13-22-21-9-7-10-23-26(21)19(15-33-23)14-24(22)35(5)16-20/h7,9-10,15,17-18,20,22,24-25,27,33,41H,6,8,11-14,16H2,1-5H3,(H,34,38)/t18?,20-,22-,24-,25+,27+,31+,32-/m0/s1. The Labute approximate surface area is 246 Å². The zero-order valence-electron chi connectivity index (χ0n) is 25.2. The number of hydrogen-bond donors (Lipinski definition) is 3. The van der Waals surface area contributed by atoms with Gasteiger partial charge >= 0.3 is 0 Å². The Morgan fingerprint density at radius 3 is 2.79 bits per heavy atom. The van der Waals surface area contributed by atoms with E-state index in [9.17, 15) is 19.5 Å². The molecule has 10 heteroatoms. The number of piperidine rings is 1. The minimum Gasteiger partial charge on any atom is -0.361 e. The van der Waals surface area contributed by atoms with Crippen molar-refractivity contribution in [3.8, 4) is 0 Å². The van der Waals surface area contributed by atoms with Crippen molar-refractivity contribution < 1.29 is 24.2 Å². The number of amides is 3. The molecule has 1 aromatic heterocycles. The molecule has 4 saturated heterocycles. The summed E-state index contributed by atoms with van der Waals surface area (Å²) in [6.45, 7) is 8.63. The number of nitrogens with zero attached hydrogens (tertiary/aromatic N) is 3. The smallest absolute Gasteiger partial charge is 0.281 e. The van der Waals surface area contributed by atoms with Gasteiger partial charge in [0.1, 0.15) is 12.1 Å². The van der Waals surface area contributed by atoms with Crippen LogP contribution in [-0.4, -0.2) is 92.4 Å². The summed E-state index contributed by atoms with van der Waals surface area (Å²) >= 11 is 0. The first kappa shape index (κ1) is 27.9. The van der Waals surface area contributed by atoms with Crippen LogP contribution in [0.1, 0.15) is 70.4 Å². The molecule has 0 saturated carbocycles. The van der Waals surface area contributed by atoms with Crippen molar-refractivity contribution >= 4 is 28.6 Å². The van der Waals surface area contributed by atoms with E-state index in [0.29, 0.717) is 32.4 Å². The number of benzene rings is 1. The van der Waals surface area contributed by atoms with Crippen LogP contribution in [0, 0.1) is 17.8 Å². The van der Waals surface area contributed by atoms with Crippen LogP contribution in [-0.2, 0) is 25.5 Å². The Morgan fingerprint density at radius 2 is 2.05 bits per heavy atom. The van der Waals surface area contributed by atoms with E-state index in [1.165, 1.54) is 21.4 Å². The van der Waals surface area contributed by atoms with E-state index in [1.807, 2.05) is 27.7 Å². The van der Waals surface area contributed by atoms with E-state index in [2.05, 4.69) is 46.6 Å². The molecule has 226 valence electrons. The predicted octanol–water partition coefficient (Wildman–Crippen LogP) is 2.52. The largest absolute Gasteiger partial charge is 0.361 e. The number of hydrogen-bond acceptors (Lipinski definition) is 6. The molecule has 1 aliphatic carbocycles. The molecule has 42 heavy (non-hydrogen) atoms. The molecule has 4 aliphatic heterocycles. The van der Waals surface area contributed by atoms with Crippen LogP contribution in [0.5, 0.6) is 0 Å². The van der Waals surface area contributed by atoms with Gasteiger partial charge in [0, 0.05) is 48.1 Å². The Hall–Kier alpha value is -2.95. The van der Waals surface area contributed by atoms with E-state index in [-0.39, 0.29) is 35.6 Å². The number of ether oxygens (including phenoxy) is 1. The van der Waals surface area contributed by atoms with E-state index < -0.39 is 35.5 Å². The average molecular weight is 578 g/mol. The molecule has 3 amide bonds. The fraction of sp³-hybridized carbons (Fsp3) is 0.656. The Bertz CT molecular complexity index is 1460.